The minimum Gasteiger partial charge on any atom is -0.443 e. The summed E-state index contributed by atoms with van der Waals surface area (Å²) >= 11 is 0. The first-order valence-electron chi connectivity index (χ1n) is 7.53. The van der Waals surface area contributed by atoms with E-state index in [1.165, 1.54) is 0 Å². The van der Waals surface area contributed by atoms with Gasteiger partial charge in [0.2, 0.25) is 0 Å². The molecule has 0 aliphatic carbocycles. The quantitative estimate of drug-likeness (QED) is 0.637. The molecule has 5 nitrogen and oxygen atoms in total. The van der Waals surface area contributed by atoms with E-state index < -0.39 is 11.7 Å². The van der Waals surface area contributed by atoms with Crippen molar-refractivity contribution in [3.05, 3.63) is 46.4 Å². The molecule has 3 rings (SSSR count). The van der Waals surface area contributed by atoms with Crippen LogP contribution in [0, 0.1) is 6.92 Å². The summed E-state index contributed by atoms with van der Waals surface area (Å²) < 4.78 is 8.23. The Labute approximate surface area is 134 Å². The van der Waals surface area contributed by atoms with Crippen molar-refractivity contribution in [2.24, 2.45) is 7.05 Å². The van der Waals surface area contributed by atoms with Crippen molar-refractivity contribution < 1.29 is 9.53 Å². The maximum atomic E-state index is 12.8. The molecule has 1 aromatic carbocycles. The third kappa shape index (κ3) is 2.42. The van der Waals surface area contributed by atoms with Gasteiger partial charge >= 0.3 is 6.09 Å². The normalized spacial score (nSPS) is 12.0. The van der Waals surface area contributed by atoms with Gasteiger partial charge in [-0.25, -0.2) is 9.36 Å². The number of para-hydroxylation sites is 1. The minimum absolute atomic E-state index is 0.362. The molecule has 5 heteroatoms. The number of aromatic nitrogens is 2. The molecule has 0 N–H and O–H groups in total. The molecular formula is C18H20N2O3. The number of hydrogen-bond acceptors (Lipinski definition) is 3. The first kappa shape index (κ1) is 15.3. The van der Waals surface area contributed by atoms with Crippen LogP contribution in [-0.2, 0) is 11.8 Å². The summed E-state index contributed by atoms with van der Waals surface area (Å²) in [6.07, 6.45) is 0.906. The summed E-state index contributed by atoms with van der Waals surface area (Å²) in [5.41, 5.74) is 1.32. The van der Waals surface area contributed by atoms with E-state index in [4.69, 9.17) is 4.74 Å². The van der Waals surface area contributed by atoms with Crippen molar-refractivity contribution in [1.29, 1.82) is 0 Å². The molecule has 0 bridgehead atoms. The number of pyridine rings is 1. The van der Waals surface area contributed by atoms with E-state index >= 15 is 0 Å². The lowest BCUT2D eigenvalue weighted by molar-refractivity contribution is 0.0531. The van der Waals surface area contributed by atoms with Crippen LogP contribution in [0.2, 0.25) is 0 Å². The van der Waals surface area contributed by atoms with Gasteiger partial charge in [0.05, 0.1) is 0 Å². The van der Waals surface area contributed by atoms with Crippen LogP contribution in [0.4, 0.5) is 4.79 Å². The predicted molar refractivity (Wildman–Crippen MR) is 91.1 cm³/mol. The second-order valence-electron chi connectivity index (χ2n) is 6.77. The number of fused-ring (bicyclic) bond motifs is 3. The number of benzene rings is 1. The van der Waals surface area contributed by atoms with Crippen LogP contribution in [0.15, 0.2) is 35.3 Å². The van der Waals surface area contributed by atoms with E-state index in [2.05, 4.69) is 0 Å². The van der Waals surface area contributed by atoms with Crippen LogP contribution >= 0.6 is 0 Å². The molecule has 0 aliphatic rings. The Balaban J connectivity index is 2.35. The second-order valence-corrected chi connectivity index (χ2v) is 6.77. The Morgan fingerprint density at radius 2 is 1.83 bits per heavy atom. The summed E-state index contributed by atoms with van der Waals surface area (Å²) in [6, 6.07) is 7.83. The molecule has 120 valence electrons. The van der Waals surface area contributed by atoms with Gasteiger partial charge in [0.15, 0.2) is 0 Å². The van der Waals surface area contributed by atoms with Gasteiger partial charge in [-0.3, -0.25) is 4.79 Å². The zero-order valence-corrected chi connectivity index (χ0v) is 14.0. The Morgan fingerprint density at radius 1 is 1.17 bits per heavy atom. The number of aryl methyl sites for hydroxylation is 2. The van der Waals surface area contributed by atoms with Gasteiger partial charge in [0, 0.05) is 29.5 Å². The fourth-order valence-corrected chi connectivity index (χ4v) is 2.92. The third-order valence-corrected chi connectivity index (χ3v) is 3.84. The Bertz CT molecular complexity index is 987. The molecule has 0 unspecified atom stereocenters. The van der Waals surface area contributed by atoms with Crippen molar-refractivity contribution in [2.45, 2.75) is 33.3 Å². The van der Waals surface area contributed by atoms with E-state index in [0.717, 1.165) is 26.4 Å². The van der Waals surface area contributed by atoms with Crippen LogP contribution in [0.5, 0.6) is 0 Å². The van der Waals surface area contributed by atoms with E-state index in [-0.39, 0.29) is 5.56 Å². The lowest BCUT2D eigenvalue weighted by Gasteiger charge is -2.20. The lowest BCUT2D eigenvalue weighted by atomic mass is 10.1. The molecule has 0 aliphatic heterocycles. The van der Waals surface area contributed by atoms with Crippen molar-refractivity contribution >= 4 is 27.9 Å². The molecule has 0 saturated heterocycles. The fraction of sp³-hybridized carbons (Fsp3) is 0.333. The third-order valence-electron chi connectivity index (χ3n) is 3.84. The number of carbonyl (C=O) groups is 1. The van der Waals surface area contributed by atoms with E-state index in [9.17, 15) is 9.59 Å². The summed E-state index contributed by atoms with van der Waals surface area (Å²) in [5, 5.41) is 1.89. The maximum Gasteiger partial charge on any atom is 0.421 e. The summed E-state index contributed by atoms with van der Waals surface area (Å²) in [6.45, 7) is 7.23. The highest BCUT2D eigenvalue weighted by molar-refractivity contribution is 6.09. The van der Waals surface area contributed by atoms with Gasteiger partial charge < -0.3 is 9.30 Å². The number of nitrogens with zero attached hydrogens (tertiary/aromatic N) is 2. The van der Waals surface area contributed by atoms with Gasteiger partial charge in [-0.1, -0.05) is 18.2 Å². The molecule has 0 atom stereocenters. The van der Waals surface area contributed by atoms with Gasteiger partial charge in [0.1, 0.15) is 11.1 Å². The average molecular weight is 312 g/mol. The maximum absolute atomic E-state index is 12.8. The molecule has 0 radical (unpaired) electrons. The molecule has 0 amide bonds. The van der Waals surface area contributed by atoms with Gasteiger partial charge in [-0.05, 0) is 39.3 Å². The average Bonchev–Trinajstić information content (AvgIpc) is 2.76. The van der Waals surface area contributed by atoms with Gasteiger partial charge in [-0.15, -0.1) is 0 Å². The first-order chi connectivity index (χ1) is 10.7. The number of ether oxygens (including phenoxy) is 1. The minimum atomic E-state index is -0.655. The molecule has 3 aromatic rings. The lowest BCUT2D eigenvalue weighted by Crippen LogP contribution is -2.34. The molecule has 0 fully saturated rings. The first-order valence-corrected chi connectivity index (χ1v) is 7.53. The monoisotopic (exact) mass is 312 g/mol. The molecule has 23 heavy (non-hydrogen) atoms. The van der Waals surface area contributed by atoms with Gasteiger partial charge in [-0.2, -0.15) is 0 Å². The molecule has 2 heterocycles. The van der Waals surface area contributed by atoms with Gasteiger partial charge in [0.25, 0.3) is 5.56 Å². The predicted octanol–water partition coefficient (Wildman–Crippen LogP) is 3.58. The fourth-order valence-electron chi connectivity index (χ4n) is 2.92. The summed E-state index contributed by atoms with van der Waals surface area (Å²) in [4.78, 5) is 25.2. The van der Waals surface area contributed by atoms with Crippen molar-refractivity contribution in [2.75, 3.05) is 0 Å². The molecular weight excluding hydrogens is 292 g/mol. The SMILES string of the molecule is Cc1cn(C(=O)OC(C)(C)C)c(=O)c2c1c1ccccc1n2C. The molecule has 0 spiro atoms. The zero-order chi connectivity index (χ0) is 16.9. The number of hydrogen-bond donors (Lipinski definition) is 0. The van der Waals surface area contributed by atoms with E-state index in [1.54, 1.807) is 27.0 Å². The molecule has 0 saturated carbocycles. The van der Waals surface area contributed by atoms with Crippen LogP contribution in [-0.4, -0.2) is 20.8 Å². The summed E-state index contributed by atoms with van der Waals surface area (Å²) in [5.74, 6) is 0. The Kier molecular flexibility index (Phi) is 3.32. The molecule has 2 aromatic heterocycles. The van der Waals surface area contributed by atoms with E-state index in [1.807, 2.05) is 42.8 Å². The zero-order valence-electron chi connectivity index (χ0n) is 14.0. The van der Waals surface area contributed by atoms with Crippen LogP contribution in [0.1, 0.15) is 26.3 Å². The second kappa shape index (κ2) is 4.98. The summed E-state index contributed by atoms with van der Waals surface area (Å²) in [7, 11) is 1.84. The Morgan fingerprint density at radius 3 is 2.48 bits per heavy atom. The highest BCUT2D eigenvalue weighted by atomic mass is 16.6. The van der Waals surface area contributed by atoms with Crippen molar-refractivity contribution in [3.8, 4) is 0 Å². The van der Waals surface area contributed by atoms with Crippen LogP contribution in [0.25, 0.3) is 21.8 Å². The standard InChI is InChI=1S/C18H20N2O3/c1-11-10-20(17(22)23-18(2,3)4)16(21)15-14(11)12-8-6-7-9-13(12)19(15)5/h6-10H,1-5H3. The van der Waals surface area contributed by atoms with Crippen molar-refractivity contribution in [1.82, 2.24) is 9.13 Å². The van der Waals surface area contributed by atoms with Crippen LogP contribution < -0.4 is 5.56 Å². The van der Waals surface area contributed by atoms with Crippen LogP contribution in [0.3, 0.4) is 0 Å². The number of rotatable bonds is 0. The van der Waals surface area contributed by atoms with Crippen molar-refractivity contribution in [3.63, 3.8) is 0 Å². The highest BCUT2D eigenvalue weighted by Gasteiger charge is 2.22. The smallest absolute Gasteiger partial charge is 0.421 e. The largest absolute Gasteiger partial charge is 0.443 e. The topological polar surface area (TPSA) is 53.2 Å². The number of carbonyl (C=O) groups excluding carboxylic acids is 1. The highest BCUT2D eigenvalue weighted by Crippen LogP contribution is 2.28. The van der Waals surface area contributed by atoms with E-state index in [0.29, 0.717) is 5.52 Å². The Hall–Kier alpha value is -2.56.